The van der Waals surface area contributed by atoms with Crippen molar-refractivity contribution < 1.29 is 31.4 Å². The fourth-order valence-corrected chi connectivity index (χ4v) is 4.58. The molecule has 0 amide bonds. The molecule has 3 aromatic rings. The number of hydrogen-bond acceptors (Lipinski definition) is 4. The van der Waals surface area contributed by atoms with Gasteiger partial charge >= 0.3 is 6.18 Å². The number of benzene rings is 2. The highest BCUT2D eigenvalue weighted by atomic mass is 19.4. The minimum atomic E-state index is -4.81. The zero-order valence-corrected chi connectivity index (χ0v) is 18.3. The predicted octanol–water partition coefficient (Wildman–Crippen LogP) is 5.50. The zero-order chi connectivity index (χ0) is 25.0. The van der Waals surface area contributed by atoms with Crippen molar-refractivity contribution in [2.75, 3.05) is 7.11 Å². The van der Waals surface area contributed by atoms with E-state index >= 15 is 0 Å². The molecule has 4 atom stereocenters. The lowest BCUT2D eigenvalue weighted by atomic mass is 9.76. The highest BCUT2D eigenvalue weighted by Gasteiger charge is 2.65. The summed E-state index contributed by atoms with van der Waals surface area (Å²) in [6, 6.07) is 9.29. The number of aromatic amines is 1. The van der Waals surface area contributed by atoms with E-state index in [0.29, 0.717) is 0 Å². The maximum atomic E-state index is 14.5. The molecule has 0 bridgehead atoms. The largest absolute Gasteiger partial charge is 0.493 e. The molecule has 1 fully saturated rings. The average molecular weight is 478 g/mol. The lowest BCUT2D eigenvalue weighted by Gasteiger charge is -2.32. The lowest BCUT2D eigenvalue weighted by molar-refractivity contribution is -0.275. The van der Waals surface area contributed by atoms with Crippen LogP contribution in [0.4, 0.5) is 22.0 Å². The van der Waals surface area contributed by atoms with Crippen molar-refractivity contribution in [3.05, 3.63) is 75.1 Å². The van der Waals surface area contributed by atoms with E-state index in [2.05, 4.69) is 4.98 Å². The van der Waals surface area contributed by atoms with E-state index in [1.165, 1.54) is 25.1 Å². The Morgan fingerprint density at radius 2 is 1.88 bits per heavy atom. The first-order chi connectivity index (χ1) is 15.9. The van der Waals surface area contributed by atoms with Crippen molar-refractivity contribution in [3.63, 3.8) is 0 Å². The lowest BCUT2D eigenvalue weighted by Crippen LogP contribution is -2.46. The van der Waals surface area contributed by atoms with Crippen molar-refractivity contribution in [2.24, 2.45) is 5.92 Å². The van der Waals surface area contributed by atoms with Crippen LogP contribution in [0.5, 0.6) is 5.75 Å². The Morgan fingerprint density at radius 3 is 2.50 bits per heavy atom. The number of alkyl halides is 3. The summed E-state index contributed by atoms with van der Waals surface area (Å²) in [6.45, 7) is 2.18. The highest BCUT2D eigenvalue weighted by Crippen LogP contribution is 2.59. The third kappa shape index (κ3) is 3.51. The van der Waals surface area contributed by atoms with E-state index in [1.54, 1.807) is 0 Å². The van der Waals surface area contributed by atoms with Gasteiger partial charge in [-0.05, 0) is 31.2 Å². The second kappa shape index (κ2) is 8.09. The number of H-pyrrole nitrogens is 1. The van der Waals surface area contributed by atoms with Gasteiger partial charge in [-0.25, -0.2) is 4.39 Å². The second-order valence-electron chi connectivity index (χ2n) is 8.40. The summed E-state index contributed by atoms with van der Waals surface area (Å²) < 4.78 is 81.3. The van der Waals surface area contributed by atoms with Gasteiger partial charge in [0.05, 0.1) is 24.3 Å². The molecule has 0 radical (unpaired) electrons. The molecule has 178 valence electrons. The fraction of sp³-hybridized carbons (Fsp3) is 0.333. The first-order valence-corrected chi connectivity index (χ1v) is 10.3. The first-order valence-electron chi connectivity index (χ1n) is 10.3. The quantitative estimate of drug-likeness (QED) is 0.505. The second-order valence-corrected chi connectivity index (χ2v) is 8.40. The van der Waals surface area contributed by atoms with Crippen molar-refractivity contribution in [2.45, 2.75) is 37.6 Å². The number of pyridine rings is 1. The molecule has 10 heteroatoms. The number of rotatable bonds is 3. The van der Waals surface area contributed by atoms with Crippen LogP contribution in [0, 0.1) is 28.9 Å². The van der Waals surface area contributed by atoms with Gasteiger partial charge in [0.2, 0.25) is 5.82 Å². The molecular weight excluding hydrogens is 459 g/mol. The summed E-state index contributed by atoms with van der Waals surface area (Å²) in [5, 5.41) is 9.40. The van der Waals surface area contributed by atoms with Crippen LogP contribution < -0.4 is 10.2 Å². The summed E-state index contributed by atoms with van der Waals surface area (Å²) in [5.41, 5.74) is -2.73. The third-order valence-electron chi connectivity index (χ3n) is 6.60. The van der Waals surface area contributed by atoms with E-state index in [4.69, 9.17) is 14.7 Å². The minimum absolute atomic E-state index is 0.00389. The Labute approximate surface area is 190 Å². The summed E-state index contributed by atoms with van der Waals surface area (Å²) in [5.74, 6) is -5.53. The number of ether oxygens (including phenoxy) is 2. The molecule has 1 aliphatic rings. The van der Waals surface area contributed by atoms with E-state index in [0.717, 1.165) is 32.2 Å². The Kier molecular flexibility index (Phi) is 5.64. The van der Waals surface area contributed by atoms with Crippen LogP contribution in [0.3, 0.4) is 0 Å². The van der Waals surface area contributed by atoms with Gasteiger partial charge in [-0.2, -0.15) is 22.8 Å². The molecule has 1 aliphatic heterocycles. The van der Waals surface area contributed by atoms with Crippen LogP contribution in [0.1, 0.15) is 42.7 Å². The summed E-state index contributed by atoms with van der Waals surface area (Å²) in [7, 11) is 1.08. The molecule has 2 heterocycles. The van der Waals surface area contributed by atoms with E-state index in [9.17, 15) is 26.7 Å². The normalized spacial score (nSPS) is 24.9. The van der Waals surface area contributed by atoms with Crippen LogP contribution in [0.25, 0.3) is 10.9 Å². The molecule has 1 saturated heterocycles. The number of fused-ring (bicyclic) bond motifs is 1. The number of nitriles is 1. The molecule has 0 unspecified atom stereocenters. The van der Waals surface area contributed by atoms with Crippen LogP contribution in [0.15, 0.2) is 41.2 Å². The Balaban J connectivity index is 1.97. The van der Waals surface area contributed by atoms with Gasteiger partial charge in [0.25, 0.3) is 0 Å². The van der Waals surface area contributed by atoms with Crippen molar-refractivity contribution >= 4 is 10.9 Å². The molecule has 34 heavy (non-hydrogen) atoms. The number of hydrogen-bond donors (Lipinski definition) is 1. The highest BCUT2D eigenvalue weighted by molar-refractivity contribution is 5.80. The maximum Gasteiger partial charge on any atom is 0.417 e. The van der Waals surface area contributed by atoms with E-state index < -0.39 is 52.5 Å². The fourth-order valence-electron chi connectivity index (χ4n) is 4.58. The summed E-state index contributed by atoms with van der Waals surface area (Å²) >= 11 is 0. The van der Waals surface area contributed by atoms with E-state index in [-0.39, 0.29) is 27.7 Å². The predicted molar refractivity (Wildman–Crippen MR) is 112 cm³/mol. The zero-order valence-electron chi connectivity index (χ0n) is 18.3. The number of methoxy groups -OCH3 is 1. The van der Waals surface area contributed by atoms with Crippen LogP contribution >= 0.6 is 0 Å². The number of nitrogens with one attached hydrogen (secondary N) is 1. The van der Waals surface area contributed by atoms with Crippen molar-refractivity contribution in [1.82, 2.24) is 4.98 Å². The number of halogens is 5. The SMILES string of the molecule is COc1c([C@H]2[C@H](c3cc(=O)c4ccc(C#N)cc4[nH]3)O[C@@](C)(C(F)(F)F)[C@H]2C)ccc(F)c1F. The standard InChI is InChI=1S/C24H19F5N2O3/c1-11-19(14-6-7-15(25)20(26)21(14)33-3)22(34-23(11,2)24(27,28)29)17-9-18(32)13-5-4-12(10-30)8-16(13)31-17/h4-9,11,19,22H,1-3H3,(H,31,32)/t11-,19-,22-,23+/m0/s1. The molecule has 2 aromatic carbocycles. The van der Waals surface area contributed by atoms with Gasteiger partial charge in [-0.15, -0.1) is 0 Å². The Bertz CT molecular complexity index is 1380. The van der Waals surface area contributed by atoms with Crippen molar-refractivity contribution in [3.8, 4) is 11.8 Å². The third-order valence-corrected chi connectivity index (χ3v) is 6.60. The summed E-state index contributed by atoms with van der Waals surface area (Å²) in [4.78, 5) is 15.7. The number of nitrogens with zero attached hydrogens (tertiary/aromatic N) is 1. The minimum Gasteiger partial charge on any atom is -0.493 e. The van der Waals surface area contributed by atoms with Crippen LogP contribution in [-0.4, -0.2) is 23.9 Å². The van der Waals surface area contributed by atoms with Gasteiger partial charge in [0.1, 0.15) is 6.10 Å². The first kappa shape index (κ1) is 23.7. The Morgan fingerprint density at radius 1 is 1.18 bits per heavy atom. The van der Waals surface area contributed by atoms with Crippen LogP contribution in [-0.2, 0) is 4.74 Å². The van der Waals surface area contributed by atoms with Gasteiger partial charge < -0.3 is 14.5 Å². The van der Waals surface area contributed by atoms with Gasteiger partial charge in [-0.1, -0.05) is 13.0 Å². The van der Waals surface area contributed by atoms with E-state index in [1.807, 2.05) is 6.07 Å². The molecule has 4 rings (SSSR count). The molecule has 5 nitrogen and oxygen atoms in total. The van der Waals surface area contributed by atoms with Gasteiger partial charge in [-0.3, -0.25) is 4.79 Å². The van der Waals surface area contributed by atoms with Crippen molar-refractivity contribution in [1.29, 1.82) is 5.26 Å². The molecule has 0 aliphatic carbocycles. The van der Waals surface area contributed by atoms with Gasteiger partial charge in [0, 0.05) is 34.5 Å². The smallest absolute Gasteiger partial charge is 0.417 e. The molecule has 0 spiro atoms. The van der Waals surface area contributed by atoms with Gasteiger partial charge in [0.15, 0.2) is 22.6 Å². The molecular formula is C24H19F5N2O3. The monoisotopic (exact) mass is 478 g/mol. The number of aromatic nitrogens is 1. The topological polar surface area (TPSA) is 75.1 Å². The molecule has 0 saturated carbocycles. The van der Waals surface area contributed by atoms with Crippen LogP contribution in [0.2, 0.25) is 0 Å². The average Bonchev–Trinajstić information content (AvgIpc) is 3.07. The maximum absolute atomic E-state index is 14.5. The molecule has 1 N–H and O–H groups in total. The summed E-state index contributed by atoms with van der Waals surface area (Å²) in [6.07, 6.45) is -6.20. The molecule has 1 aromatic heterocycles. The Hall–Kier alpha value is -3.45.